The second kappa shape index (κ2) is 5.73. The molecular weight excluding hydrogens is 259 g/mol. The van der Waals surface area contributed by atoms with E-state index in [1.807, 2.05) is 24.7 Å². The van der Waals surface area contributed by atoms with E-state index in [4.69, 9.17) is 5.73 Å². The third-order valence-corrected chi connectivity index (χ3v) is 2.91. The molecule has 1 heterocycles. The van der Waals surface area contributed by atoms with Crippen molar-refractivity contribution in [1.29, 1.82) is 0 Å². The Hall–Kier alpha value is -2.37. The van der Waals surface area contributed by atoms with E-state index in [1.165, 1.54) is 12.1 Å². The number of hydrogen-bond donors (Lipinski definition) is 2. The third-order valence-electron chi connectivity index (χ3n) is 2.91. The van der Waals surface area contributed by atoms with E-state index in [0.717, 1.165) is 5.56 Å². The molecule has 0 bridgehead atoms. The fourth-order valence-corrected chi connectivity index (χ4v) is 1.78. The molecule has 0 saturated carbocycles. The van der Waals surface area contributed by atoms with Crippen molar-refractivity contribution >= 4 is 11.6 Å². The number of benzene rings is 1. The summed E-state index contributed by atoms with van der Waals surface area (Å²) in [6, 6.07) is 4.50. The predicted molar refractivity (Wildman–Crippen MR) is 74.9 cm³/mol. The highest BCUT2D eigenvalue weighted by Gasteiger charge is 2.09. The van der Waals surface area contributed by atoms with Crippen LogP contribution < -0.4 is 11.1 Å². The van der Waals surface area contributed by atoms with Gasteiger partial charge in [0.25, 0.3) is 5.91 Å². The summed E-state index contributed by atoms with van der Waals surface area (Å²) >= 11 is 0. The lowest BCUT2D eigenvalue weighted by molar-refractivity contribution is 0.0996. The number of carbonyl (C=O) groups is 1. The van der Waals surface area contributed by atoms with E-state index < -0.39 is 11.7 Å². The molecule has 5 nitrogen and oxygen atoms in total. The van der Waals surface area contributed by atoms with Crippen LogP contribution in [0.15, 0.2) is 30.6 Å². The number of rotatable bonds is 5. The largest absolute Gasteiger partial charge is 0.381 e. The van der Waals surface area contributed by atoms with Crippen molar-refractivity contribution in [3.8, 4) is 0 Å². The van der Waals surface area contributed by atoms with Gasteiger partial charge in [-0.2, -0.15) is 5.10 Å². The number of amides is 1. The van der Waals surface area contributed by atoms with Gasteiger partial charge in [-0.15, -0.1) is 0 Å². The standard InChI is InChI=1S/C14H17FN4O/c1-9(2)19-8-10(7-18-19)6-17-11-3-4-13(15)12(5-11)14(16)20/h3-5,7-9,17H,6H2,1-2H3,(H2,16,20). The zero-order valence-corrected chi connectivity index (χ0v) is 11.4. The van der Waals surface area contributed by atoms with Crippen molar-refractivity contribution in [2.24, 2.45) is 5.73 Å². The molecule has 1 aromatic heterocycles. The molecule has 0 aliphatic heterocycles. The van der Waals surface area contributed by atoms with Crippen LogP contribution in [0.4, 0.5) is 10.1 Å². The molecule has 2 aromatic rings. The molecule has 0 spiro atoms. The third kappa shape index (κ3) is 3.14. The molecule has 0 unspecified atom stereocenters. The summed E-state index contributed by atoms with van der Waals surface area (Å²) in [6.07, 6.45) is 3.71. The summed E-state index contributed by atoms with van der Waals surface area (Å²) in [4.78, 5) is 11.1. The Kier molecular flexibility index (Phi) is 4.02. The highest BCUT2D eigenvalue weighted by Crippen LogP contribution is 2.15. The Labute approximate surface area is 116 Å². The van der Waals surface area contributed by atoms with Crippen molar-refractivity contribution in [1.82, 2.24) is 9.78 Å². The number of aromatic nitrogens is 2. The summed E-state index contributed by atoms with van der Waals surface area (Å²) in [6.45, 7) is 4.63. The van der Waals surface area contributed by atoms with Crippen LogP contribution in [0.25, 0.3) is 0 Å². The molecule has 0 fully saturated rings. The van der Waals surface area contributed by atoms with Crippen LogP contribution in [0.2, 0.25) is 0 Å². The Balaban J connectivity index is 2.06. The maximum absolute atomic E-state index is 13.3. The van der Waals surface area contributed by atoms with Gasteiger partial charge >= 0.3 is 0 Å². The van der Waals surface area contributed by atoms with Crippen LogP contribution in [0, 0.1) is 5.82 Å². The summed E-state index contributed by atoms with van der Waals surface area (Å²) < 4.78 is 15.2. The number of nitrogens with zero attached hydrogens (tertiary/aromatic N) is 2. The fraction of sp³-hybridized carbons (Fsp3) is 0.286. The van der Waals surface area contributed by atoms with Gasteiger partial charge in [0.05, 0.1) is 11.8 Å². The second-order valence-electron chi connectivity index (χ2n) is 4.83. The van der Waals surface area contributed by atoms with Crippen LogP contribution in [0.1, 0.15) is 35.8 Å². The molecule has 1 aromatic carbocycles. The normalized spacial score (nSPS) is 10.8. The first-order valence-corrected chi connectivity index (χ1v) is 6.33. The average molecular weight is 276 g/mol. The molecular formula is C14H17FN4O. The molecule has 2 rings (SSSR count). The number of hydrogen-bond acceptors (Lipinski definition) is 3. The molecule has 20 heavy (non-hydrogen) atoms. The molecule has 6 heteroatoms. The Bertz CT molecular complexity index is 621. The van der Waals surface area contributed by atoms with Gasteiger partial charge in [0, 0.05) is 30.0 Å². The number of anilines is 1. The van der Waals surface area contributed by atoms with Gasteiger partial charge in [-0.3, -0.25) is 9.48 Å². The predicted octanol–water partition coefficient (Wildman–Crippen LogP) is 2.31. The minimum absolute atomic E-state index is 0.118. The van der Waals surface area contributed by atoms with E-state index in [1.54, 1.807) is 12.3 Å². The number of primary amides is 1. The highest BCUT2D eigenvalue weighted by molar-refractivity contribution is 5.94. The summed E-state index contributed by atoms with van der Waals surface area (Å²) in [5.41, 5.74) is 6.63. The van der Waals surface area contributed by atoms with E-state index in [0.29, 0.717) is 18.3 Å². The molecule has 0 radical (unpaired) electrons. The first kappa shape index (κ1) is 14.0. The minimum Gasteiger partial charge on any atom is -0.381 e. The molecule has 106 valence electrons. The lowest BCUT2D eigenvalue weighted by Crippen LogP contribution is -2.13. The van der Waals surface area contributed by atoms with Gasteiger partial charge in [0.1, 0.15) is 5.82 Å². The molecule has 0 aliphatic rings. The van der Waals surface area contributed by atoms with Crippen molar-refractivity contribution in [3.63, 3.8) is 0 Å². The Morgan fingerprint density at radius 1 is 1.50 bits per heavy atom. The quantitative estimate of drug-likeness (QED) is 0.880. The smallest absolute Gasteiger partial charge is 0.251 e. The molecule has 0 aliphatic carbocycles. The van der Waals surface area contributed by atoms with Crippen molar-refractivity contribution in [3.05, 3.63) is 47.5 Å². The van der Waals surface area contributed by atoms with Gasteiger partial charge in [0.2, 0.25) is 0 Å². The van der Waals surface area contributed by atoms with E-state index in [9.17, 15) is 9.18 Å². The first-order valence-electron chi connectivity index (χ1n) is 6.33. The van der Waals surface area contributed by atoms with Crippen LogP contribution in [-0.4, -0.2) is 15.7 Å². The van der Waals surface area contributed by atoms with E-state index >= 15 is 0 Å². The summed E-state index contributed by atoms with van der Waals surface area (Å²) in [7, 11) is 0. The maximum Gasteiger partial charge on any atom is 0.251 e. The van der Waals surface area contributed by atoms with Gasteiger partial charge in [0.15, 0.2) is 0 Å². The van der Waals surface area contributed by atoms with Gasteiger partial charge < -0.3 is 11.1 Å². The Morgan fingerprint density at radius 3 is 2.85 bits per heavy atom. The van der Waals surface area contributed by atoms with Crippen LogP contribution in [0.5, 0.6) is 0 Å². The zero-order valence-electron chi connectivity index (χ0n) is 11.4. The molecule has 3 N–H and O–H groups in total. The SMILES string of the molecule is CC(C)n1cc(CNc2ccc(F)c(C(N)=O)c2)cn1. The molecule has 0 atom stereocenters. The lowest BCUT2D eigenvalue weighted by atomic mass is 10.1. The average Bonchev–Trinajstić information content (AvgIpc) is 2.86. The van der Waals surface area contributed by atoms with Crippen LogP contribution in [-0.2, 0) is 6.54 Å². The van der Waals surface area contributed by atoms with Gasteiger partial charge in [-0.05, 0) is 32.0 Å². The maximum atomic E-state index is 13.3. The van der Waals surface area contributed by atoms with Crippen molar-refractivity contribution < 1.29 is 9.18 Å². The number of nitrogens with one attached hydrogen (secondary N) is 1. The van der Waals surface area contributed by atoms with Crippen LogP contribution >= 0.6 is 0 Å². The van der Waals surface area contributed by atoms with E-state index in [-0.39, 0.29) is 5.56 Å². The zero-order chi connectivity index (χ0) is 14.7. The van der Waals surface area contributed by atoms with Gasteiger partial charge in [-0.25, -0.2) is 4.39 Å². The molecule has 1 amide bonds. The number of carbonyl (C=O) groups excluding carboxylic acids is 1. The van der Waals surface area contributed by atoms with Gasteiger partial charge in [-0.1, -0.05) is 0 Å². The highest BCUT2D eigenvalue weighted by atomic mass is 19.1. The Morgan fingerprint density at radius 2 is 2.25 bits per heavy atom. The lowest BCUT2D eigenvalue weighted by Gasteiger charge is -2.07. The summed E-state index contributed by atoms with van der Waals surface area (Å²) in [5, 5.41) is 7.34. The van der Waals surface area contributed by atoms with Crippen LogP contribution in [0.3, 0.4) is 0 Å². The number of halogens is 1. The fourth-order valence-electron chi connectivity index (χ4n) is 1.78. The van der Waals surface area contributed by atoms with E-state index in [2.05, 4.69) is 10.4 Å². The van der Waals surface area contributed by atoms with Crippen molar-refractivity contribution in [2.45, 2.75) is 26.4 Å². The number of nitrogens with two attached hydrogens (primary N) is 1. The summed E-state index contributed by atoms with van der Waals surface area (Å²) in [5.74, 6) is -1.39. The molecule has 0 saturated heterocycles. The monoisotopic (exact) mass is 276 g/mol. The topological polar surface area (TPSA) is 72.9 Å². The minimum atomic E-state index is -0.779. The van der Waals surface area contributed by atoms with Crippen molar-refractivity contribution in [2.75, 3.05) is 5.32 Å². The first-order chi connectivity index (χ1) is 9.47. The second-order valence-corrected chi connectivity index (χ2v) is 4.83.